The molecule has 0 unspecified atom stereocenters. The third-order valence-corrected chi connectivity index (χ3v) is 6.73. The first-order valence-corrected chi connectivity index (χ1v) is 11.2. The molecule has 1 aromatic rings. The second-order valence-electron chi connectivity index (χ2n) is 10.0. The van der Waals surface area contributed by atoms with E-state index in [1.54, 1.807) is 0 Å². The first-order valence-electron chi connectivity index (χ1n) is 11.2. The van der Waals surface area contributed by atoms with E-state index >= 15 is 0 Å². The fourth-order valence-corrected chi connectivity index (χ4v) is 4.94. The Bertz CT molecular complexity index is 764. The molecule has 1 aromatic carbocycles. The zero-order chi connectivity index (χ0) is 20.6. The summed E-state index contributed by atoms with van der Waals surface area (Å²) < 4.78 is 6.38. The number of nitrogens with one attached hydrogen (secondary N) is 1. The highest BCUT2D eigenvalue weighted by atomic mass is 16.5. The van der Waals surface area contributed by atoms with Gasteiger partial charge < -0.3 is 15.0 Å². The molecular formula is C24H34N2O3. The molecule has 2 saturated heterocycles. The fourth-order valence-electron chi connectivity index (χ4n) is 4.94. The predicted octanol–water partition coefficient (Wildman–Crippen LogP) is 4.54. The quantitative estimate of drug-likeness (QED) is 0.813. The van der Waals surface area contributed by atoms with Crippen LogP contribution in [0.15, 0.2) is 24.3 Å². The van der Waals surface area contributed by atoms with Gasteiger partial charge in [-0.05, 0) is 43.4 Å². The molecule has 0 spiro atoms. The Morgan fingerprint density at radius 2 is 1.90 bits per heavy atom. The minimum Gasteiger partial charge on any atom is -0.370 e. The summed E-state index contributed by atoms with van der Waals surface area (Å²) in [6, 6.07) is 8.02. The molecule has 5 nitrogen and oxygen atoms in total. The average Bonchev–Trinajstić information content (AvgIpc) is 3.36. The molecule has 0 bridgehead atoms. The second kappa shape index (κ2) is 8.10. The zero-order valence-corrected chi connectivity index (χ0v) is 17.9. The number of carbonyl (C=O) groups is 2. The van der Waals surface area contributed by atoms with E-state index in [0.29, 0.717) is 11.8 Å². The number of hydrogen-bond donors (Lipinski definition) is 1. The lowest BCUT2D eigenvalue weighted by Crippen LogP contribution is -2.46. The highest BCUT2D eigenvalue weighted by Crippen LogP contribution is 2.42. The van der Waals surface area contributed by atoms with Gasteiger partial charge in [-0.1, -0.05) is 45.7 Å². The monoisotopic (exact) mass is 398 g/mol. The molecule has 0 aromatic heterocycles. The van der Waals surface area contributed by atoms with Gasteiger partial charge in [0, 0.05) is 36.0 Å². The normalized spacial score (nSPS) is 27.7. The Hall–Kier alpha value is -1.88. The molecule has 2 heterocycles. The van der Waals surface area contributed by atoms with Crippen LogP contribution in [0.5, 0.6) is 0 Å². The van der Waals surface area contributed by atoms with Crippen LogP contribution in [0.4, 0.5) is 5.69 Å². The van der Waals surface area contributed by atoms with Gasteiger partial charge in [-0.15, -0.1) is 0 Å². The first kappa shape index (κ1) is 20.4. The lowest BCUT2D eigenvalue weighted by atomic mass is 9.90. The van der Waals surface area contributed by atoms with Gasteiger partial charge in [0.05, 0.1) is 12.2 Å². The Morgan fingerprint density at radius 3 is 2.62 bits per heavy atom. The number of benzene rings is 1. The smallest absolute Gasteiger partial charge is 0.229 e. The molecule has 5 heteroatoms. The van der Waals surface area contributed by atoms with Crippen LogP contribution in [0.3, 0.4) is 0 Å². The maximum Gasteiger partial charge on any atom is 0.229 e. The van der Waals surface area contributed by atoms with E-state index in [1.165, 1.54) is 12.8 Å². The molecular weight excluding hydrogens is 364 g/mol. The molecule has 2 amide bonds. The van der Waals surface area contributed by atoms with E-state index in [2.05, 4.69) is 16.3 Å². The van der Waals surface area contributed by atoms with Gasteiger partial charge in [0.15, 0.2) is 0 Å². The maximum atomic E-state index is 12.8. The summed E-state index contributed by atoms with van der Waals surface area (Å²) in [4.78, 5) is 27.2. The van der Waals surface area contributed by atoms with E-state index in [9.17, 15) is 9.59 Å². The Labute approximate surface area is 174 Å². The van der Waals surface area contributed by atoms with E-state index in [4.69, 9.17) is 4.74 Å². The number of carbonyl (C=O) groups excluding carboxylic acids is 2. The third kappa shape index (κ3) is 4.50. The zero-order valence-electron chi connectivity index (χ0n) is 17.9. The van der Waals surface area contributed by atoms with Gasteiger partial charge in [0.1, 0.15) is 0 Å². The van der Waals surface area contributed by atoms with Gasteiger partial charge in [0.25, 0.3) is 0 Å². The molecule has 29 heavy (non-hydrogen) atoms. The Kier molecular flexibility index (Phi) is 5.69. The van der Waals surface area contributed by atoms with Gasteiger partial charge >= 0.3 is 0 Å². The number of piperidine rings is 1. The second-order valence-corrected chi connectivity index (χ2v) is 10.0. The molecule has 1 saturated carbocycles. The summed E-state index contributed by atoms with van der Waals surface area (Å²) in [5, 5.41) is 3.01. The highest BCUT2D eigenvalue weighted by molar-refractivity contribution is 5.94. The largest absolute Gasteiger partial charge is 0.370 e. The van der Waals surface area contributed by atoms with Crippen molar-refractivity contribution in [3.8, 4) is 0 Å². The number of anilines is 1. The topological polar surface area (TPSA) is 58.6 Å². The number of hydrogen-bond acceptors (Lipinski definition) is 3. The van der Waals surface area contributed by atoms with Crippen LogP contribution in [0.1, 0.15) is 71.0 Å². The van der Waals surface area contributed by atoms with Crippen LogP contribution in [0.2, 0.25) is 0 Å². The van der Waals surface area contributed by atoms with Crippen LogP contribution >= 0.6 is 0 Å². The molecule has 158 valence electrons. The summed E-state index contributed by atoms with van der Waals surface area (Å²) in [7, 11) is 0. The van der Waals surface area contributed by atoms with Crippen molar-refractivity contribution in [3.05, 3.63) is 29.8 Å². The van der Waals surface area contributed by atoms with Gasteiger partial charge in [0.2, 0.25) is 11.8 Å². The van der Waals surface area contributed by atoms with Gasteiger partial charge in [-0.25, -0.2) is 0 Å². The summed E-state index contributed by atoms with van der Waals surface area (Å²) >= 11 is 0. The van der Waals surface area contributed by atoms with Crippen LogP contribution < -0.4 is 5.32 Å². The molecule has 3 aliphatic rings. The molecule has 0 radical (unpaired) electrons. The first-order chi connectivity index (χ1) is 13.8. The molecule has 3 fully saturated rings. The minimum atomic E-state index is -0.426. The van der Waals surface area contributed by atoms with Crippen molar-refractivity contribution < 1.29 is 14.3 Å². The van der Waals surface area contributed by atoms with Crippen molar-refractivity contribution in [2.75, 3.05) is 18.4 Å². The third-order valence-electron chi connectivity index (χ3n) is 6.73. The number of fused-ring (bicyclic) bond motifs is 1. The van der Waals surface area contributed by atoms with Crippen molar-refractivity contribution >= 4 is 17.5 Å². The number of nitrogens with zero attached hydrogens (tertiary/aromatic N) is 1. The lowest BCUT2D eigenvalue weighted by Gasteiger charge is -2.35. The van der Waals surface area contributed by atoms with E-state index in [-0.39, 0.29) is 24.0 Å². The van der Waals surface area contributed by atoms with E-state index in [1.807, 2.05) is 39.0 Å². The average molecular weight is 399 g/mol. The van der Waals surface area contributed by atoms with E-state index in [0.717, 1.165) is 50.0 Å². The van der Waals surface area contributed by atoms with Gasteiger partial charge in [-0.3, -0.25) is 9.59 Å². The SMILES string of the molecule is CC(C)(C)C(=O)Nc1cccc([C@@H]2C[C@H]3CN(C(=O)C4CCCC4)CC[C@@H]3O2)c1. The van der Waals surface area contributed by atoms with Crippen molar-refractivity contribution in [1.82, 2.24) is 4.90 Å². The Morgan fingerprint density at radius 1 is 1.14 bits per heavy atom. The van der Waals surface area contributed by atoms with Crippen LogP contribution in [0, 0.1) is 17.3 Å². The summed E-state index contributed by atoms with van der Waals surface area (Å²) in [6.07, 6.45) is 6.67. The highest BCUT2D eigenvalue weighted by Gasteiger charge is 2.41. The van der Waals surface area contributed by atoms with Crippen molar-refractivity contribution in [3.63, 3.8) is 0 Å². The van der Waals surface area contributed by atoms with Crippen LogP contribution in [-0.2, 0) is 14.3 Å². The Balaban J connectivity index is 1.39. The van der Waals surface area contributed by atoms with Gasteiger partial charge in [-0.2, -0.15) is 0 Å². The number of ether oxygens (including phenoxy) is 1. The number of likely N-dealkylation sites (tertiary alicyclic amines) is 1. The predicted molar refractivity (Wildman–Crippen MR) is 113 cm³/mol. The molecule has 3 atom stereocenters. The van der Waals surface area contributed by atoms with Crippen molar-refractivity contribution in [2.45, 2.75) is 71.5 Å². The molecule has 2 aliphatic heterocycles. The minimum absolute atomic E-state index is 0.0109. The standard InChI is InChI=1S/C24H34N2O3/c1-24(2,3)23(28)25-19-10-6-9-17(13-19)21-14-18-15-26(12-11-20(18)29-21)22(27)16-7-4-5-8-16/h6,9-10,13,16,18,20-21H,4-5,7-8,11-12,14-15H2,1-3H3,(H,25,28)/t18-,20-,21-/m0/s1. The van der Waals surface area contributed by atoms with Crippen molar-refractivity contribution in [2.24, 2.45) is 17.3 Å². The maximum absolute atomic E-state index is 12.8. The molecule has 1 aliphatic carbocycles. The summed E-state index contributed by atoms with van der Waals surface area (Å²) in [6.45, 7) is 7.39. The van der Waals surface area contributed by atoms with Crippen molar-refractivity contribution in [1.29, 1.82) is 0 Å². The van der Waals surface area contributed by atoms with Crippen LogP contribution in [0.25, 0.3) is 0 Å². The number of rotatable bonds is 3. The fraction of sp³-hybridized carbons (Fsp3) is 0.667. The molecule has 4 rings (SSSR count). The molecule has 1 N–H and O–H groups in total. The summed E-state index contributed by atoms with van der Waals surface area (Å²) in [5.41, 5.74) is 1.50. The van der Waals surface area contributed by atoms with E-state index < -0.39 is 5.41 Å². The van der Waals surface area contributed by atoms with Crippen LogP contribution in [-0.4, -0.2) is 35.9 Å². The lowest BCUT2D eigenvalue weighted by molar-refractivity contribution is -0.138. The number of amides is 2. The summed E-state index contributed by atoms with van der Waals surface area (Å²) in [5.74, 6) is 1.05.